The van der Waals surface area contributed by atoms with Crippen molar-refractivity contribution < 1.29 is 23.9 Å². The van der Waals surface area contributed by atoms with E-state index in [1.54, 1.807) is 12.1 Å². The first-order valence-electron chi connectivity index (χ1n) is 6.86. The Morgan fingerprint density at radius 2 is 1.71 bits per heavy atom. The van der Waals surface area contributed by atoms with E-state index < -0.39 is 10.8 Å². The zero-order chi connectivity index (χ0) is 17.7. The number of nitro groups is 1. The van der Waals surface area contributed by atoms with Crippen molar-refractivity contribution in [3.63, 3.8) is 0 Å². The van der Waals surface area contributed by atoms with Crippen LogP contribution in [-0.4, -0.2) is 32.2 Å². The fourth-order valence-electron chi connectivity index (χ4n) is 2.08. The number of ether oxygens (including phenoxy) is 3. The number of hydrogen-bond donors (Lipinski definition) is 1. The minimum Gasteiger partial charge on any atom is -0.497 e. The van der Waals surface area contributed by atoms with Crippen LogP contribution in [0.1, 0.15) is 10.4 Å². The summed E-state index contributed by atoms with van der Waals surface area (Å²) in [5, 5.41) is 13.5. The number of rotatable bonds is 6. The molecule has 0 fully saturated rings. The summed E-state index contributed by atoms with van der Waals surface area (Å²) in [6.45, 7) is 0. The van der Waals surface area contributed by atoms with Gasteiger partial charge in [-0.05, 0) is 24.3 Å². The van der Waals surface area contributed by atoms with Gasteiger partial charge in [0.25, 0.3) is 11.6 Å². The Balaban J connectivity index is 2.34. The number of hydrogen-bond acceptors (Lipinski definition) is 6. The van der Waals surface area contributed by atoms with Crippen molar-refractivity contribution in [2.75, 3.05) is 26.6 Å². The van der Waals surface area contributed by atoms with Gasteiger partial charge in [-0.25, -0.2) is 0 Å². The molecule has 0 radical (unpaired) electrons. The number of carbonyl (C=O) groups is 1. The summed E-state index contributed by atoms with van der Waals surface area (Å²) in [5.74, 6) is 0.586. The highest BCUT2D eigenvalue weighted by atomic mass is 16.6. The molecule has 0 aliphatic heterocycles. The molecule has 2 rings (SSSR count). The predicted molar refractivity (Wildman–Crippen MR) is 87.1 cm³/mol. The van der Waals surface area contributed by atoms with E-state index in [0.717, 1.165) is 0 Å². The van der Waals surface area contributed by atoms with Crippen LogP contribution < -0.4 is 19.5 Å². The summed E-state index contributed by atoms with van der Waals surface area (Å²) in [4.78, 5) is 22.8. The summed E-state index contributed by atoms with van der Waals surface area (Å²) >= 11 is 0. The van der Waals surface area contributed by atoms with Gasteiger partial charge < -0.3 is 19.5 Å². The van der Waals surface area contributed by atoms with E-state index in [2.05, 4.69) is 5.32 Å². The standard InChI is InChI=1S/C16H16N2O6/c1-22-11-5-7-14(23-2)12(9-11)16(19)17-13-6-4-10(18(20)21)8-15(13)24-3/h4-9H,1-3H3,(H,17,19). The Kier molecular flexibility index (Phi) is 5.20. The average Bonchev–Trinajstić information content (AvgIpc) is 2.61. The van der Waals surface area contributed by atoms with Gasteiger partial charge in [-0.2, -0.15) is 0 Å². The van der Waals surface area contributed by atoms with E-state index in [1.807, 2.05) is 0 Å². The van der Waals surface area contributed by atoms with Gasteiger partial charge in [0.05, 0.1) is 43.6 Å². The van der Waals surface area contributed by atoms with E-state index in [0.29, 0.717) is 17.2 Å². The predicted octanol–water partition coefficient (Wildman–Crippen LogP) is 2.87. The molecule has 1 amide bonds. The van der Waals surface area contributed by atoms with Gasteiger partial charge in [-0.15, -0.1) is 0 Å². The molecular weight excluding hydrogens is 316 g/mol. The van der Waals surface area contributed by atoms with Crippen LogP contribution in [0.2, 0.25) is 0 Å². The summed E-state index contributed by atoms with van der Waals surface area (Å²) in [7, 11) is 4.30. The number of nitrogens with one attached hydrogen (secondary N) is 1. The molecule has 0 heterocycles. The molecule has 2 aromatic carbocycles. The fraction of sp³-hybridized carbons (Fsp3) is 0.188. The summed E-state index contributed by atoms with van der Waals surface area (Å²) < 4.78 is 15.4. The van der Waals surface area contributed by atoms with Crippen molar-refractivity contribution in [2.45, 2.75) is 0 Å². The van der Waals surface area contributed by atoms with Crippen molar-refractivity contribution >= 4 is 17.3 Å². The number of amides is 1. The van der Waals surface area contributed by atoms with Crippen molar-refractivity contribution in [3.05, 3.63) is 52.1 Å². The molecule has 0 atom stereocenters. The first-order chi connectivity index (χ1) is 11.5. The second kappa shape index (κ2) is 7.32. The smallest absolute Gasteiger partial charge is 0.273 e. The maximum atomic E-state index is 12.5. The zero-order valence-corrected chi connectivity index (χ0v) is 13.4. The van der Waals surface area contributed by atoms with Crippen LogP contribution in [0.15, 0.2) is 36.4 Å². The number of anilines is 1. The lowest BCUT2D eigenvalue weighted by atomic mass is 10.1. The van der Waals surface area contributed by atoms with Gasteiger partial charge in [0.1, 0.15) is 17.2 Å². The summed E-state index contributed by atoms with van der Waals surface area (Å²) in [5.41, 5.74) is 0.430. The lowest BCUT2D eigenvalue weighted by Gasteiger charge is -2.13. The molecule has 0 aliphatic rings. The molecule has 0 bridgehead atoms. The third-order valence-corrected chi connectivity index (χ3v) is 3.30. The number of nitrogens with zero attached hydrogens (tertiary/aromatic N) is 1. The topological polar surface area (TPSA) is 99.9 Å². The van der Waals surface area contributed by atoms with E-state index >= 15 is 0 Å². The van der Waals surface area contributed by atoms with Gasteiger partial charge >= 0.3 is 0 Å². The molecule has 0 unspecified atom stereocenters. The van der Waals surface area contributed by atoms with E-state index in [1.165, 1.54) is 45.6 Å². The Labute approximate surface area is 138 Å². The number of non-ortho nitro benzene ring substituents is 1. The molecule has 0 saturated heterocycles. The van der Waals surface area contributed by atoms with Crippen molar-refractivity contribution in [1.82, 2.24) is 0 Å². The normalized spacial score (nSPS) is 9.96. The highest BCUT2D eigenvalue weighted by Gasteiger charge is 2.17. The zero-order valence-electron chi connectivity index (χ0n) is 13.4. The molecule has 126 valence electrons. The minimum atomic E-state index is -0.542. The summed E-state index contributed by atoms with van der Waals surface area (Å²) in [6, 6.07) is 8.73. The van der Waals surface area contributed by atoms with Crippen LogP contribution in [0, 0.1) is 10.1 Å². The molecular formula is C16H16N2O6. The second-order valence-electron chi connectivity index (χ2n) is 4.66. The Morgan fingerprint density at radius 3 is 2.29 bits per heavy atom. The van der Waals surface area contributed by atoms with Crippen molar-refractivity contribution in [2.24, 2.45) is 0 Å². The van der Waals surface area contributed by atoms with Gasteiger partial charge in [-0.1, -0.05) is 0 Å². The number of methoxy groups -OCH3 is 3. The van der Waals surface area contributed by atoms with Gasteiger partial charge in [0.2, 0.25) is 0 Å². The maximum Gasteiger partial charge on any atom is 0.273 e. The van der Waals surface area contributed by atoms with Crippen LogP contribution in [0.25, 0.3) is 0 Å². The summed E-state index contributed by atoms with van der Waals surface area (Å²) in [6.07, 6.45) is 0. The van der Waals surface area contributed by atoms with Crippen LogP contribution in [0.5, 0.6) is 17.2 Å². The SMILES string of the molecule is COc1ccc(OC)c(C(=O)Nc2ccc([N+](=O)[O-])cc2OC)c1. The van der Waals surface area contributed by atoms with E-state index in [4.69, 9.17) is 14.2 Å². The molecule has 24 heavy (non-hydrogen) atoms. The quantitative estimate of drug-likeness (QED) is 0.645. The maximum absolute atomic E-state index is 12.5. The van der Waals surface area contributed by atoms with Gasteiger partial charge in [0, 0.05) is 6.07 Å². The number of benzene rings is 2. The monoisotopic (exact) mass is 332 g/mol. The fourth-order valence-corrected chi connectivity index (χ4v) is 2.08. The third kappa shape index (κ3) is 3.54. The molecule has 0 aliphatic carbocycles. The molecule has 1 N–H and O–H groups in total. The molecule has 0 spiro atoms. The third-order valence-electron chi connectivity index (χ3n) is 3.30. The Hall–Kier alpha value is -3.29. The molecule has 0 saturated carbocycles. The number of carbonyl (C=O) groups excluding carboxylic acids is 1. The van der Waals surface area contributed by atoms with Gasteiger partial charge in [0.15, 0.2) is 0 Å². The first-order valence-corrected chi connectivity index (χ1v) is 6.86. The molecule has 8 nitrogen and oxygen atoms in total. The van der Waals surface area contributed by atoms with Crippen molar-refractivity contribution in [1.29, 1.82) is 0 Å². The van der Waals surface area contributed by atoms with Crippen LogP contribution in [-0.2, 0) is 0 Å². The van der Waals surface area contributed by atoms with Gasteiger partial charge in [-0.3, -0.25) is 14.9 Å². The second-order valence-corrected chi connectivity index (χ2v) is 4.66. The van der Waals surface area contributed by atoms with E-state index in [-0.39, 0.29) is 17.0 Å². The molecule has 2 aromatic rings. The lowest BCUT2D eigenvalue weighted by Crippen LogP contribution is -2.14. The number of nitro benzene ring substituents is 1. The minimum absolute atomic E-state index is 0.135. The largest absolute Gasteiger partial charge is 0.497 e. The van der Waals surface area contributed by atoms with Crippen LogP contribution in [0.4, 0.5) is 11.4 Å². The Bertz CT molecular complexity index is 775. The average molecular weight is 332 g/mol. The lowest BCUT2D eigenvalue weighted by molar-refractivity contribution is -0.384. The van der Waals surface area contributed by atoms with E-state index in [9.17, 15) is 14.9 Å². The first kappa shape index (κ1) is 17.1. The van der Waals surface area contributed by atoms with Crippen LogP contribution >= 0.6 is 0 Å². The highest BCUT2D eigenvalue weighted by Crippen LogP contribution is 2.31. The Morgan fingerprint density at radius 1 is 1.00 bits per heavy atom. The van der Waals surface area contributed by atoms with Crippen molar-refractivity contribution in [3.8, 4) is 17.2 Å². The molecule has 0 aromatic heterocycles. The highest BCUT2D eigenvalue weighted by molar-refractivity contribution is 6.07. The molecule has 8 heteroatoms. The van der Waals surface area contributed by atoms with Crippen LogP contribution in [0.3, 0.4) is 0 Å².